The van der Waals surface area contributed by atoms with Gasteiger partial charge in [-0.15, -0.1) is 0 Å². The lowest BCUT2D eigenvalue weighted by Crippen LogP contribution is -2.43. The predicted octanol–water partition coefficient (Wildman–Crippen LogP) is 3.10. The maximum absolute atomic E-state index is 13.6. The number of aliphatic hydroxyl groups is 1. The molecule has 3 aromatic rings. The van der Waals surface area contributed by atoms with E-state index in [-0.39, 0.29) is 5.91 Å². The van der Waals surface area contributed by atoms with E-state index in [9.17, 15) is 9.90 Å². The van der Waals surface area contributed by atoms with E-state index < -0.39 is 6.10 Å². The molecule has 1 fully saturated rings. The lowest BCUT2D eigenvalue weighted by atomic mass is 10.0. The Morgan fingerprint density at radius 1 is 1.03 bits per heavy atom. The SMILES string of the molecule is COc1ccc(CN2CCc3c(c(C(=O)N4CCC[C@H](O)C4)nn3Cc3cccc(OC)c3)C2)cc1. The Kier molecular flexibility index (Phi) is 7.25. The van der Waals surface area contributed by atoms with Crippen LogP contribution in [0.2, 0.25) is 0 Å². The molecule has 2 aliphatic heterocycles. The molecule has 8 nitrogen and oxygen atoms in total. The van der Waals surface area contributed by atoms with Gasteiger partial charge in [0.2, 0.25) is 0 Å². The minimum Gasteiger partial charge on any atom is -0.497 e. The highest BCUT2D eigenvalue weighted by atomic mass is 16.5. The molecule has 0 radical (unpaired) electrons. The highest BCUT2D eigenvalue weighted by molar-refractivity contribution is 5.94. The van der Waals surface area contributed by atoms with Gasteiger partial charge in [-0.1, -0.05) is 24.3 Å². The number of likely N-dealkylation sites (tertiary alicyclic amines) is 1. The third-order valence-corrected chi connectivity index (χ3v) is 7.13. The van der Waals surface area contributed by atoms with Crippen molar-refractivity contribution in [1.82, 2.24) is 19.6 Å². The molecule has 190 valence electrons. The number of rotatable bonds is 7. The number of ether oxygens (including phenoxy) is 2. The van der Waals surface area contributed by atoms with Crippen LogP contribution in [0.25, 0.3) is 0 Å². The number of nitrogens with zero attached hydrogens (tertiary/aromatic N) is 4. The van der Waals surface area contributed by atoms with E-state index in [1.165, 1.54) is 5.56 Å². The number of carbonyl (C=O) groups is 1. The average Bonchev–Trinajstić information content (AvgIpc) is 3.26. The zero-order valence-electron chi connectivity index (χ0n) is 21.0. The number of hydrogen-bond donors (Lipinski definition) is 1. The fourth-order valence-electron chi connectivity index (χ4n) is 5.21. The Balaban J connectivity index is 1.43. The summed E-state index contributed by atoms with van der Waals surface area (Å²) in [4.78, 5) is 17.7. The van der Waals surface area contributed by atoms with Crippen molar-refractivity contribution in [1.29, 1.82) is 0 Å². The van der Waals surface area contributed by atoms with E-state index in [0.717, 1.165) is 60.7 Å². The van der Waals surface area contributed by atoms with Crippen molar-refractivity contribution in [2.24, 2.45) is 0 Å². The zero-order chi connectivity index (χ0) is 25.1. The van der Waals surface area contributed by atoms with Crippen LogP contribution in [-0.2, 0) is 26.1 Å². The van der Waals surface area contributed by atoms with Gasteiger partial charge in [0, 0.05) is 50.4 Å². The Morgan fingerprint density at radius 3 is 2.58 bits per heavy atom. The summed E-state index contributed by atoms with van der Waals surface area (Å²) >= 11 is 0. The molecule has 5 rings (SSSR count). The van der Waals surface area contributed by atoms with Crippen LogP contribution in [0.3, 0.4) is 0 Å². The van der Waals surface area contributed by atoms with Crippen molar-refractivity contribution < 1.29 is 19.4 Å². The summed E-state index contributed by atoms with van der Waals surface area (Å²) in [6.07, 6.45) is 1.90. The maximum atomic E-state index is 13.6. The summed E-state index contributed by atoms with van der Waals surface area (Å²) in [5, 5.41) is 15.0. The van der Waals surface area contributed by atoms with Crippen molar-refractivity contribution in [3.05, 3.63) is 76.6 Å². The van der Waals surface area contributed by atoms with Crippen LogP contribution >= 0.6 is 0 Å². The van der Waals surface area contributed by atoms with Crippen LogP contribution in [0, 0.1) is 0 Å². The van der Waals surface area contributed by atoms with Gasteiger partial charge in [-0.2, -0.15) is 5.10 Å². The average molecular weight is 491 g/mol. The van der Waals surface area contributed by atoms with Gasteiger partial charge in [0.25, 0.3) is 5.91 Å². The second-order valence-electron chi connectivity index (χ2n) is 9.64. The third-order valence-electron chi connectivity index (χ3n) is 7.13. The minimum atomic E-state index is -0.469. The fraction of sp³-hybridized carbons (Fsp3) is 0.429. The third kappa shape index (κ3) is 5.24. The molecule has 1 atom stereocenters. The minimum absolute atomic E-state index is 0.0827. The Labute approximate surface area is 212 Å². The molecular weight excluding hydrogens is 456 g/mol. The normalized spacial score (nSPS) is 18.1. The summed E-state index contributed by atoms with van der Waals surface area (Å²) in [5.41, 5.74) is 4.91. The number of hydrogen-bond acceptors (Lipinski definition) is 6. The number of aliphatic hydroxyl groups excluding tert-OH is 1. The summed E-state index contributed by atoms with van der Waals surface area (Å²) in [6, 6.07) is 16.1. The predicted molar refractivity (Wildman–Crippen MR) is 136 cm³/mol. The summed E-state index contributed by atoms with van der Waals surface area (Å²) in [6.45, 7) is 3.94. The Bertz CT molecular complexity index is 1210. The molecule has 36 heavy (non-hydrogen) atoms. The molecule has 0 spiro atoms. The highest BCUT2D eigenvalue weighted by Crippen LogP contribution is 2.27. The first-order valence-corrected chi connectivity index (χ1v) is 12.6. The number of fused-ring (bicyclic) bond motifs is 1. The van der Waals surface area contributed by atoms with Gasteiger partial charge in [-0.25, -0.2) is 0 Å². The van der Waals surface area contributed by atoms with E-state index in [0.29, 0.717) is 31.9 Å². The number of carbonyl (C=O) groups excluding carboxylic acids is 1. The summed E-state index contributed by atoms with van der Waals surface area (Å²) in [7, 11) is 3.33. The molecule has 0 saturated carbocycles. The molecule has 0 aliphatic carbocycles. The van der Waals surface area contributed by atoms with Gasteiger partial charge in [-0.3, -0.25) is 14.4 Å². The summed E-state index contributed by atoms with van der Waals surface area (Å²) < 4.78 is 12.7. The smallest absolute Gasteiger partial charge is 0.274 e. The number of β-amino-alcohol motifs (C(OH)–C–C–N with tert-alkyl or cyclic N) is 1. The first kappa shape index (κ1) is 24.3. The summed E-state index contributed by atoms with van der Waals surface area (Å²) in [5.74, 6) is 1.56. The molecule has 1 aromatic heterocycles. The molecule has 8 heteroatoms. The lowest BCUT2D eigenvalue weighted by Gasteiger charge is -2.31. The molecule has 0 bridgehead atoms. The highest BCUT2D eigenvalue weighted by Gasteiger charge is 2.32. The fourth-order valence-corrected chi connectivity index (χ4v) is 5.21. The van der Waals surface area contributed by atoms with Crippen molar-refractivity contribution in [2.45, 2.75) is 45.0 Å². The zero-order valence-corrected chi connectivity index (χ0v) is 21.0. The van der Waals surface area contributed by atoms with Crippen LogP contribution in [0.5, 0.6) is 11.5 Å². The second kappa shape index (κ2) is 10.7. The van der Waals surface area contributed by atoms with Crippen molar-refractivity contribution in [3.63, 3.8) is 0 Å². The van der Waals surface area contributed by atoms with Crippen LogP contribution in [0.4, 0.5) is 0 Å². The largest absolute Gasteiger partial charge is 0.497 e. The lowest BCUT2D eigenvalue weighted by molar-refractivity contribution is 0.0466. The molecule has 1 saturated heterocycles. The van der Waals surface area contributed by atoms with Crippen LogP contribution in [0.1, 0.15) is 45.7 Å². The van der Waals surface area contributed by atoms with Gasteiger partial charge in [0.15, 0.2) is 5.69 Å². The van der Waals surface area contributed by atoms with Gasteiger partial charge in [0.05, 0.1) is 26.9 Å². The molecule has 0 unspecified atom stereocenters. The topological polar surface area (TPSA) is 80.1 Å². The molecule has 2 aromatic carbocycles. The number of amides is 1. The van der Waals surface area contributed by atoms with Gasteiger partial charge >= 0.3 is 0 Å². The number of methoxy groups -OCH3 is 2. The first-order valence-electron chi connectivity index (χ1n) is 12.6. The second-order valence-corrected chi connectivity index (χ2v) is 9.64. The standard InChI is InChI=1S/C28H34N4O4/c1-35-23-10-8-20(9-11-23)16-30-14-12-26-25(19-30)27(28(34)31-13-4-6-22(33)18-31)29-32(26)17-21-5-3-7-24(15-21)36-2/h3,5,7-11,15,22,33H,4,6,12-14,16-19H2,1-2H3/t22-/m0/s1. The number of benzene rings is 2. The van der Waals surface area contributed by atoms with Crippen molar-refractivity contribution >= 4 is 5.91 Å². The van der Waals surface area contributed by atoms with Gasteiger partial charge < -0.3 is 19.5 Å². The van der Waals surface area contributed by atoms with E-state index in [4.69, 9.17) is 14.6 Å². The van der Waals surface area contributed by atoms with Crippen molar-refractivity contribution in [3.8, 4) is 11.5 Å². The van der Waals surface area contributed by atoms with Gasteiger partial charge in [-0.05, 0) is 48.2 Å². The van der Waals surface area contributed by atoms with E-state index in [2.05, 4.69) is 23.1 Å². The molecule has 2 aliphatic rings. The van der Waals surface area contributed by atoms with E-state index in [1.54, 1.807) is 19.1 Å². The first-order chi connectivity index (χ1) is 17.5. The van der Waals surface area contributed by atoms with Crippen LogP contribution in [0.15, 0.2) is 48.5 Å². The molecule has 1 N–H and O–H groups in total. The van der Waals surface area contributed by atoms with Crippen LogP contribution < -0.4 is 9.47 Å². The number of piperidine rings is 1. The Hall–Kier alpha value is -3.36. The molecule has 1 amide bonds. The monoisotopic (exact) mass is 490 g/mol. The van der Waals surface area contributed by atoms with E-state index >= 15 is 0 Å². The molecular formula is C28H34N4O4. The number of aromatic nitrogens is 2. The Morgan fingerprint density at radius 2 is 1.83 bits per heavy atom. The maximum Gasteiger partial charge on any atom is 0.274 e. The quantitative estimate of drug-likeness (QED) is 0.548. The van der Waals surface area contributed by atoms with E-state index in [1.807, 2.05) is 35.0 Å². The van der Waals surface area contributed by atoms with Gasteiger partial charge in [0.1, 0.15) is 11.5 Å². The molecule has 3 heterocycles. The van der Waals surface area contributed by atoms with Crippen LogP contribution in [-0.4, -0.2) is 70.6 Å². The van der Waals surface area contributed by atoms with Crippen molar-refractivity contribution in [2.75, 3.05) is 33.9 Å².